The van der Waals surface area contributed by atoms with Gasteiger partial charge in [0, 0.05) is 18.1 Å². The summed E-state index contributed by atoms with van der Waals surface area (Å²) in [6.45, 7) is 0.843. The summed E-state index contributed by atoms with van der Waals surface area (Å²) in [5.41, 5.74) is 0.798. The number of nitrogens with one attached hydrogen (secondary N) is 1. The second kappa shape index (κ2) is 4.83. The van der Waals surface area contributed by atoms with Crippen molar-refractivity contribution in [2.75, 3.05) is 7.11 Å². The second-order valence-electron chi connectivity index (χ2n) is 3.85. The van der Waals surface area contributed by atoms with Crippen LogP contribution < -0.4 is 4.74 Å². The number of rotatable bonds is 3. The van der Waals surface area contributed by atoms with Gasteiger partial charge in [-0.15, -0.1) is 0 Å². The SMILES string of the molecule is COc1ccccc1-c1c(I)n[nH]c1C(C)(F)F. The Morgan fingerprint density at radius 1 is 1.33 bits per heavy atom. The van der Waals surface area contributed by atoms with Crippen molar-refractivity contribution in [2.45, 2.75) is 12.8 Å². The van der Waals surface area contributed by atoms with Crippen LogP contribution in [-0.2, 0) is 5.92 Å². The van der Waals surface area contributed by atoms with Gasteiger partial charge in [-0.1, -0.05) is 18.2 Å². The van der Waals surface area contributed by atoms with E-state index in [2.05, 4.69) is 10.2 Å². The summed E-state index contributed by atoms with van der Waals surface area (Å²) in [6.07, 6.45) is 0. The summed E-state index contributed by atoms with van der Waals surface area (Å²) in [6, 6.07) is 7.04. The van der Waals surface area contributed by atoms with Crippen LogP contribution in [0.1, 0.15) is 12.6 Å². The standard InChI is InChI=1S/C12H11F2IN2O/c1-12(13,14)10-9(11(15)17-16-10)7-5-3-4-6-8(7)18-2/h3-6H,1-2H3,(H,16,17). The summed E-state index contributed by atoms with van der Waals surface area (Å²) >= 11 is 1.93. The van der Waals surface area contributed by atoms with Crippen LogP contribution in [0.2, 0.25) is 0 Å². The number of benzene rings is 1. The Kier molecular flexibility index (Phi) is 3.56. The van der Waals surface area contributed by atoms with Crippen LogP contribution in [0, 0.1) is 3.70 Å². The van der Waals surface area contributed by atoms with Gasteiger partial charge in [-0.05, 0) is 28.7 Å². The first-order chi connectivity index (χ1) is 8.45. The van der Waals surface area contributed by atoms with Crippen molar-refractivity contribution in [3.63, 3.8) is 0 Å². The average Bonchev–Trinajstić information content (AvgIpc) is 2.70. The lowest BCUT2D eigenvalue weighted by atomic mass is 10.0. The molecule has 6 heteroatoms. The van der Waals surface area contributed by atoms with E-state index in [0.717, 1.165) is 6.92 Å². The summed E-state index contributed by atoms with van der Waals surface area (Å²) < 4.78 is 32.8. The van der Waals surface area contributed by atoms with Gasteiger partial charge in [-0.2, -0.15) is 13.9 Å². The first-order valence-corrected chi connectivity index (χ1v) is 6.28. The quantitative estimate of drug-likeness (QED) is 0.842. The first kappa shape index (κ1) is 13.3. The molecular formula is C12H11F2IN2O. The van der Waals surface area contributed by atoms with Gasteiger partial charge in [0.15, 0.2) is 0 Å². The number of methoxy groups -OCH3 is 1. The third kappa shape index (κ3) is 2.33. The van der Waals surface area contributed by atoms with Gasteiger partial charge in [0.25, 0.3) is 5.92 Å². The zero-order chi connectivity index (χ0) is 13.3. The number of para-hydroxylation sites is 1. The van der Waals surface area contributed by atoms with Crippen molar-refractivity contribution >= 4 is 22.6 Å². The Morgan fingerprint density at radius 2 is 2.00 bits per heavy atom. The van der Waals surface area contributed by atoms with Crippen LogP contribution >= 0.6 is 22.6 Å². The van der Waals surface area contributed by atoms with Crippen LogP contribution in [0.15, 0.2) is 24.3 Å². The lowest BCUT2D eigenvalue weighted by molar-refractivity contribution is 0.0133. The molecule has 96 valence electrons. The molecule has 1 heterocycles. The minimum atomic E-state index is -2.98. The molecule has 2 rings (SSSR count). The van der Waals surface area contributed by atoms with E-state index in [4.69, 9.17) is 4.74 Å². The molecular weight excluding hydrogens is 353 g/mol. The van der Waals surface area contributed by atoms with E-state index in [1.165, 1.54) is 7.11 Å². The molecule has 0 aliphatic heterocycles. The van der Waals surface area contributed by atoms with Crippen molar-refractivity contribution in [3.8, 4) is 16.9 Å². The number of aromatic amines is 1. The molecule has 3 nitrogen and oxygen atoms in total. The second-order valence-corrected chi connectivity index (χ2v) is 4.87. The molecule has 1 aromatic carbocycles. The van der Waals surface area contributed by atoms with E-state index < -0.39 is 5.92 Å². The first-order valence-electron chi connectivity index (χ1n) is 5.20. The summed E-state index contributed by atoms with van der Waals surface area (Å²) in [7, 11) is 1.51. The number of hydrogen-bond donors (Lipinski definition) is 1. The Hall–Kier alpha value is -1.18. The van der Waals surface area contributed by atoms with E-state index in [-0.39, 0.29) is 5.69 Å². The number of halogens is 3. The smallest absolute Gasteiger partial charge is 0.287 e. The molecule has 0 bridgehead atoms. The Morgan fingerprint density at radius 3 is 2.61 bits per heavy atom. The largest absolute Gasteiger partial charge is 0.496 e. The highest BCUT2D eigenvalue weighted by atomic mass is 127. The van der Waals surface area contributed by atoms with E-state index in [0.29, 0.717) is 20.6 Å². The molecule has 1 aromatic heterocycles. The summed E-state index contributed by atoms with van der Waals surface area (Å²) in [4.78, 5) is 0. The van der Waals surface area contributed by atoms with Gasteiger partial charge in [-0.3, -0.25) is 5.10 Å². The number of alkyl halides is 2. The molecule has 18 heavy (non-hydrogen) atoms. The summed E-state index contributed by atoms with van der Waals surface area (Å²) in [5.74, 6) is -2.44. The maximum absolute atomic E-state index is 13.5. The highest BCUT2D eigenvalue weighted by Crippen LogP contribution is 2.40. The Labute approximate surface area is 117 Å². The molecule has 0 aliphatic carbocycles. The topological polar surface area (TPSA) is 37.9 Å². The summed E-state index contributed by atoms with van der Waals surface area (Å²) in [5, 5.41) is 6.26. The average molecular weight is 364 g/mol. The maximum atomic E-state index is 13.5. The highest BCUT2D eigenvalue weighted by molar-refractivity contribution is 14.1. The van der Waals surface area contributed by atoms with E-state index in [9.17, 15) is 8.78 Å². The van der Waals surface area contributed by atoms with Crippen LogP contribution in [0.25, 0.3) is 11.1 Å². The van der Waals surface area contributed by atoms with E-state index >= 15 is 0 Å². The van der Waals surface area contributed by atoms with Crippen LogP contribution in [0.4, 0.5) is 8.78 Å². The van der Waals surface area contributed by atoms with Crippen molar-refractivity contribution < 1.29 is 13.5 Å². The third-order valence-electron chi connectivity index (χ3n) is 2.54. The molecule has 2 aromatic rings. The van der Waals surface area contributed by atoms with Crippen molar-refractivity contribution in [1.82, 2.24) is 10.2 Å². The molecule has 0 spiro atoms. The number of aromatic nitrogens is 2. The van der Waals surface area contributed by atoms with Gasteiger partial charge in [0.2, 0.25) is 0 Å². The highest BCUT2D eigenvalue weighted by Gasteiger charge is 2.32. The Bertz CT molecular complexity index is 563. The van der Waals surface area contributed by atoms with Gasteiger partial charge in [-0.25, -0.2) is 0 Å². The van der Waals surface area contributed by atoms with E-state index in [1.54, 1.807) is 24.3 Å². The van der Waals surface area contributed by atoms with Crippen LogP contribution in [0.5, 0.6) is 5.75 Å². The minimum absolute atomic E-state index is 0.198. The molecule has 1 N–H and O–H groups in total. The molecule has 0 amide bonds. The normalized spacial score (nSPS) is 11.6. The predicted molar refractivity (Wildman–Crippen MR) is 72.9 cm³/mol. The van der Waals surface area contributed by atoms with Gasteiger partial charge >= 0.3 is 0 Å². The minimum Gasteiger partial charge on any atom is -0.496 e. The van der Waals surface area contributed by atoms with Crippen LogP contribution in [-0.4, -0.2) is 17.3 Å². The number of hydrogen-bond acceptors (Lipinski definition) is 2. The Balaban J connectivity index is 2.67. The lowest BCUT2D eigenvalue weighted by Crippen LogP contribution is -2.09. The molecule has 0 unspecified atom stereocenters. The molecule has 0 aliphatic rings. The fourth-order valence-corrected chi connectivity index (χ4v) is 2.42. The van der Waals surface area contributed by atoms with Crippen molar-refractivity contribution in [3.05, 3.63) is 33.7 Å². The third-order valence-corrected chi connectivity index (χ3v) is 3.32. The van der Waals surface area contributed by atoms with Gasteiger partial charge in [0.1, 0.15) is 15.1 Å². The lowest BCUT2D eigenvalue weighted by Gasteiger charge is -2.13. The number of H-pyrrole nitrogens is 1. The molecule has 0 saturated carbocycles. The monoisotopic (exact) mass is 364 g/mol. The number of ether oxygens (including phenoxy) is 1. The van der Waals surface area contributed by atoms with Gasteiger partial charge < -0.3 is 4.74 Å². The molecule has 0 atom stereocenters. The molecule has 0 saturated heterocycles. The molecule has 0 radical (unpaired) electrons. The van der Waals surface area contributed by atoms with Crippen molar-refractivity contribution in [1.29, 1.82) is 0 Å². The fourth-order valence-electron chi connectivity index (χ4n) is 1.73. The zero-order valence-electron chi connectivity index (χ0n) is 9.80. The zero-order valence-corrected chi connectivity index (χ0v) is 12.0. The number of nitrogens with zero attached hydrogens (tertiary/aromatic N) is 1. The maximum Gasteiger partial charge on any atom is 0.287 e. The van der Waals surface area contributed by atoms with E-state index in [1.807, 2.05) is 22.6 Å². The van der Waals surface area contributed by atoms with Gasteiger partial charge in [0.05, 0.1) is 7.11 Å². The fraction of sp³-hybridized carbons (Fsp3) is 0.250. The van der Waals surface area contributed by atoms with Crippen LogP contribution in [0.3, 0.4) is 0 Å². The predicted octanol–water partition coefficient (Wildman–Crippen LogP) is 3.80. The molecule has 0 fully saturated rings. The van der Waals surface area contributed by atoms with Crippen molar-refractivity contribution in [2.24, 2.45) is 0 Å².